The number of benzene rings is 1. The second-order valence-corrected chi connectivity index (χ2v) is 4.27. The predicted molar refractivity (Wildman–Crippen MR) is 76.6 cm³/mol. The highest BCUT2D eigenvalue weighted by atomic mass is 16.6. The van der Waals surface area contributed by atoms with Gasteiger partial charge in [0.1, 0.15) is 11.4 Å². The lowest BCUT2D eigenvalue weighted by Crippen LogP contribution is -2.15. The van der Waals surface area contributed by atoms with Gasteiger partial charge in [-0.3, -0.25) is 0 Å². The molecule has 0 fully saturated rings. The number of amidine groups is 1. The van der Waals surface area contributed by atoms with Crippen LogP contribution in [0.5, 0.6) is 0 Å². The maximum absolute atomic E-state index is 11.4. The van der Waals surface area contributed by atoms with Crippen LogP contribution in [0.15, 0.2) is 52.2 Å². The van der Waals surface area contributed by atoms with Crippen LogP contribution in [-0.2, 0) is 22.6 Å². The maximum Gasteiger partial charge on any atom is 0.341 e. The zero-order chi connectivity index (χ0) is 15.1. The van der Waals surface area contributed by atoms with Crippen LogP contribution in [-0.4, -0.2) is 18.9 Å². The summed E-state index contributed by atoms with van der Waals surface area (Å²) in [5, 5.41) is 3.80. The molecular formula is C15H16N2O4. The lowest BCUT2D eigenvalue weighted by molar-refractivity contribution is 0.0587. The normalized spacial score (nSPS) is 11.2. The van der Waals surface area contributed by atoms with Gasteiger partial charge in [-0.15, -0.1) is 0 Å². The van der Waals surface area contributed by atoms with Gasteiger partial charge in [0.05, 0.1) is 13.4 Å². The minimum absolute atomic E-state index is 0.00687. The number of hydrogen-bond donors (Lipinski definition) is 1. The van der Waals surface area contributed by atoms with Crippen LogP contribution in [0.3, 0.4) is 0 Å². The molecular weight excluding hydrogens is 272 g/mol. The molecule has 21 heavy (non-hydrogen) atoms. The molecule has 0 radical (unpaired) electrons. The second-order valence-electron chi connectivity index (χ2n) is 4.27. The molecule has 0 bridgehead atoms. The van der Waals surface area contributed by atoms with Gasteiger partial charge in [0.25, 0.3) is 0 Å². The first-order valence-electron chi connectivity index (χ1n) is 6.33. The summed E-state index contributed by atoms with van der Waals surface area (Å²) >= 11 is 0. The Hall–Kier alpha value is -2.76. The molecule has 0 spiro atoms. The summed E-state index contributed by atoms with van der Waals surface area (Å²) in [6, 6.07) is 11.2. The van der Waals surface area contributed by atoms with E-state index in [1.807, 2.05) is 30.3 Å². The molecule has 1 aromatic heterocycles. The maximum atomic E-state index is 11.4. The van der Waals surface area contributed by atoms with E-state index >= 15 is 0 Å². The molecule has 110 valence electrons. The van der Waals surface area contributed by atoms with Gasteiger partial charge in [-0.2, -0.15) is 0 Å². The van der Waals surface area contributed by atoms with E-state index < -0.39 is 5.97 Å². The highest BCUT2D eigenvalue weighted by molar-refractivity contribution is 5.90. The number of furan rings is 1. The summed E-state index contributed by atoms with van der Waals surface area (Å²) in [5.74, 6) is 0.203. The summed E-state index contributed by atoms with van der Waals surface area (Å²) in [7, 11) is 1.30. The van der Waals surface area contributed by atoms with Crippen molar-refractivity contribution >= 4 is 11.8 Å². The van der Waals surface area contributed by atoms with Crippen molar-refractivity contribution in [2.75, 3.05) is 7.11 Å². The van der Waals surface area contributed by atoms with Crippen molar-refractivity contribution < 1.29 is 18.8 Å². The molecule has 1 aromatic carbocycles. The van der Waals surface area contributed by atoms with Crippen molar-refractivity contribution in [3.05, 3.63) is 59.5 Å². The minimum atomic E-state index is -0.483. The largest absolute Gasteiger partial charge is 0.465 e. The Kier molecular flexibility index (Phi) is 4.98. The van der Waals surface area contributed by atoms with Gasteiger partial charge in [-0.25, -0.2) is 4.79 Å². The van der Waals surface area contributed by atoms with E-state index in [0.717, 1.165) is 5.56 Å². The van der Waals surface area contributed by atoms with Crippen LogP contribution in [0.25, 0.3) is 0 Å². The van der Waals surface area contributed by atoms with Crippen LogP contribution in [0, 0.1) is 0 Å². The minimum Gasteiger partial charge on any atom is -0.465 e. The van der Waals surface area contributed by atoms with Crippen molar-refractivity contribution in [2.24, 2.45) is 10.9 Å². The van der Waals surface area contributed by atoms with Crippen LogP contribution >= 0.6 is 0 Å². The van der Waals surface area contributed by atoms with E-state index in [0.29, 0.717) is 23.6 Å². The molecule has 2 N–H and O–H groups in total. The molecule has 0 saturated heterocycles. The van der Waals surface area contributed by atoms with Gasteiger partial charge in [0, 0.05) is 6.42 Å². The van der Waals surface area contributed by atoms with Gasteiger partial charge in [0.2, 0.25) is 0 Å². The highest BCUT2D eigenvalue weighted by Gasteiger charge is 2.15. The van der Waals surface area contributed by atoms with Gasteiger partial charge < -0.3 is 19.7 Å². The van der Waals surface area contributed by atoms with Gasteiger partial charge in [-0.05, 0) is 11.6 Å². The van der Waals surface area contributed by atoms with Crippen molar-refractivity contribution in [1.29, 1.82) is 0 Å². The Labute approximate surface area is 122 Å². The van der Waals surface area contributed by atoms with Crippen LogP contribution in [0.2, 0.25) is 0 Å². The first-order chi connectivity index (χ1) is 10.2. The Morgan fingerprint density at radius 3 is 2.76 bits per heavy atom. The van der Waals surface area contributed by atoms with Crippen molar-refractivity contribution in [1.82, 2.24) is 0 Å². The fourth-order valence-electron chi connectivity index (χ4n) is 1.76. The first kappa shape index (κ1) is 14.6. The van der Waals surface area contributed by atoms with Crippen LogP contribution in [0.4, 0.5) is 0 Å². The molecule has 2 aromatic rings. The first-order valence-corrected chi connectivity index (χ1v) is 6.33. The SMILES string of the molecule is COC(=O)c1ccoc1CO/N=C(/N)Cc1ccccc1. The van der Waals surface area contributed by atoms with Crippen molar-refractivity contribution in [3.63, 3.8) is 0 Å². The topological polar surface area (TPSA) is 87.0 Å². The van der Waals surface area contributed by atoms with E-state index in [4.69, 9.17) is 15.0 Å². The van der Waals surface area contributed by atoms with Crippen LogP contribution < -0.4 is 5.73 Å². The molecule has 0 atom stereocenters. The van der Waals surface area contributed by atoms with E-state index in [-0.39, 0.29) is 6.61 Å². The molecule has 6 heteroatoms. The van der Waals surface area contributed by atoms with E-state index in [9.17, 15) is 4.79 Å². The summed E-state index contributed by atoms with van der Waals surface area (Å²) in [4.78, 5) is 16.5. The molecule has 0 aliphatic heterocycles. The van der Waals surface area contributed by atoms with Gasteiger partial charge in [-0.1, -0.05) is 35.5 Å². The third-order valence-electron chi connectivity index (χ3n) is 2.76. The summed E-state index contributed by atoms with van der Waals surface area (Å²) in [5.41, 5.74) is 7.12. The fraction of sp³-hybridized carbons (Fsp3) is 0.200. The number of hydrogen-bond acceptors (Lipinski definition) is 5. The molecule has 6 nitrogen and oxygen atoms in total. The highest BCUT2D eigenvalue weighted by Crippen LogP contribution is 2.13. The molecule has 0 aliphatic rings. The molecule has 0 saturated carbocycles. The number of nitrogens with zero attached hydrogens (tertiary/aromatic N) is 1. The lowest BCUT2D eigenvalue weighted by Gasteiger charge is -2.02. The zero-order valence-corrected chi connectivity index (χ0v) is 11.6. The smallest absolute Gasteiger partial charge is 0.341 e. The Morgan fingerprint density at radius 1 is 1.29 bits per heavy atom. The number of carbonyl (C=O) groups is 1. The molecule has 1 heterocycles. The summed E-state index contributed by atoms with van der Waals surface area (Å²) in [6.45, 7) is 0.00687. The number of methoxy groups -OCH3 is 1. The lowest BCUT2D eigenvalue weighted by atomic mass is 10.1. The monoisotopic (exact) mass is 288 g/mol. The van der Waals surface area contributed by atoms with Crippen molar-refractivity contribution in [2.45, 2.75) is 13.0 Å². The number of esters is 1. The second kappa shape index (κ2) is 7.14. The summed E-state index contributed by atoms with van der Waals surface area (Å²) < 4.78 is 9.78. The summed E-state index contributed by atoms with van der Waals surface area (Å²) in [6.07, 6.45) is 1.88. The predicted octanol–water partition coefficient (Wildman–Crippen LogP) is 2.10. The fourth-order valence-corrected chi connectivity index (χ4v) is 1.76. The van der Waals surface area contributed by atoms with Crippen LogP contribution in [0.1, 0.15) is 21.7 Å². The number of rotatable bonds is 6. The number of nitrogens with two attached hydrogens (primary N) is 1. The number of oxime groups is 1. The average molecular weight is 288 g/mol. The number of ether oxygens (including phenoxy) is 1. The molecule has 0 aliphatic carbocycles. The zero-order valence-electron chi connectivity index (χ0n) is 11.6. The molecule has 0 unspecified atom stereocenters. The van der Waals surface area contributed by atoms with Crippen molar-refractivity contribution in [3.8, 4) is 0 Å². The Balaban J connectivity index is 1.90. The average Bonchev–Trinajstić information content (AvgIpc) is 2.96. The van der Waals surface area contributed by atoms with Gasteiger partial charge >= 0.3 is 5.97 Å². The quantitative estimate of drug-likeness (QED) is 0.380. The van der Waals surface area contributed by atoms with E-state index in [1.165, 1.54) is 19.4 Å². The molecule has 0 amide bonds. The van der Waals surface area contributed by atoms with Gasteiger partial charge in [0.15, 0.2) is 12.4 Å². The Bertz CT molecular complexity index is 620. The third-order valence-corrected chi connectivity index (χ3v) is 2.76. The van der Waals surface area contributed by atoms with E-state index in [2.05, 4.69) is 9.89 Å². The molecule has 2 rings (SSSR count). The third kappa shape index (κ3) is 4.10. The number of carbonyl (C=O) groups excluding carboxylic acids is 1. The Morgan fingerprint density at radius 2 is 2.05 bits per heavy atom. The van der Waals surface area contributed by atoms with E-state index in [1.54, 1.807) is 0 Å². The standard InChI is InChI=1S/C15H16N2O4/c1-19-15(18)12-7-8-20-13(12)10-21-17-14(16)9-11-5-3-2-4-6-11/h2-8H,9-10H2,1H3,(H2,16,17).